The zero-order valence-corrected chi connectivity index (χ0v) is 20.9. The molecule has 184 valence electrons. The van der Waals surface area contributed by atoms with E-state index in [1.165, 1.54) is 16.2 Å². The fraction of sp³-hybridized carbons (Fsp3) is 0.308. The Bertz CT molecular complexity index is 1120. The maximum Gasteiger partial charge on any atom is 0.247 e. The zero-order valence-electron chi connectivity index (χ0n) is 20.1. The van der Waals surface area contributed by atoms with Crippen LogP contribution < -0.4 is 15.5 Å². The summed E-state index contributed by atoms with van der Waals surface area (Å²) >= 11 is 1.31. The summed E-state index contributed by atoms with van der Waals surface area (Å²) in [6.45, 7) is 4.57. The number of nitrogens with zero attached hydrogens (tertiary/aromatic N) is 2. The van der Waals surface area contributed by atoms with Crippen LogP contribution in [0.4, 0.5) is 10.8 Å². The van der Waals surface area contributed by atoms with Crippen molar-refractivity contribution in [3.05, 3.63) is 76.8 Å². The molecule has 3 aromatic rings. The Kier molecular flexibility index (Phi) is 9.51. The van der Waals surface area contributed by atoms with Gasteiger partial charge in [0.25, 0.3) is 0 Å². The van der Waals surface area contributed by atoms with Crippen molar-refractivity contribution in [3.63, 3.8) is 0 Å². The van der Waals surface area contributed by atoms with Gasteiger partial charge in [0, 0.05) is 43.8 Å². The molecular formula is C26H30N4O4S. The van der Waals surface area contributed by atoms with Crippen LogP contribution in [0.5, 0.6) is 0 Å². The number of rotatable bonds is 11. The molecule has 0 spiro atoms. The van der Waals surface area contributed by atoms with Crippen molar-refractivity contribution in [2.75, 3.05) is 30.5 Å². The molecule has 0 saturated heterocycles. The monoisotopic (exact) mass is 494 g/mol. The van der Waals surface area contributed by atoms with Crippen molar-refractivity contribution < 1.29 is 19.1 Å². The van der Waals surface area contributed by atoms with Crippen LogP contribution >= 0.6 is 11.3 Å². The molecule has 9 heteroatoms. The number of carbonyl (C=O) groups excluding carboxylic acids is 3. The first-order valence-electron chi connectivity index (χ1n) is 11.3. The highest BCUT2D eigenvalue weighted by Gasteiger charge is 2.32. The lowest BCUT2D eigenvalue weighted by molar-refractivity contribution is -0.127. The summed E-state index contributed by atoms with van der Waals surface area (Å²) in [6.07, 6.45) is 1.49. The lowest BCUT2D eigenvalue weighted by Crippen LogP contribution is -2.45. The summed E-state index contributed by atoms with van der Waals surface area (Å²) in [6, 6.07) is 14.0. The van der Waals surface area contributed by atoms with Crippen LogP contribution in [0.25, 0.3) is 0 Å². The third-order valence-corrected chi connectivity index (χ3v) is 6.02. The number of hydrogen-bond acceptors (Lipinski definition) is 6. The van der Waals surface area contributed by atoms with Gasteiger partial charge in [0.15, 0.2) is 5.13 Å². The quantitative estimate of drug-likeness (QED) is 0.392. The Hall–Kier alpha value is -3.56. The van der Waals surface area contributed by atoms with Crippen molar-refractivity contribution in [3.8, 4) is 0 Å². The van der Waals surface area contributed by atoms with E-state index in [9.17, 15) is 14.4 Å². The van der Waals surface area contributed by atoms with E-state index >= 15 is 0 Å². The summed E-state index contributed by atoms with van der Waals surface area (Å²) in [5.74, 6) is -0.976. The van der Waals surface area contributed by atoms with Crippen LogP contribution in [0, 0.1) is 13.8 Å². The molecule has 0 aliphatic heterocycles. The summed E-state index contributed by atoms with van der Waals surface area (Å²) < 4.78 is 5.06. The van der Waals surface area contributed by atoms with Gasteiger partial charge in [0.1, 0.15) is 6.04 Å². The highest BCUT2D eigenvalue weighted by atomic mass is 32.1. The number of thiazole rings is 1. The predicted molar refractivity (Wildman–Crippen MR) is 137 cm³/mol. The molecule has 2 N–H and O–H groups in total. The minimum atomic E-state index is -0.912. The Balaban J connectivity index is 1.90. The molecule has 1 heterocycles. The van der Waals surface area contributed by atoms with E-state index in [1.807, 2.05) is 62.4 Å². The molecule has 3 amide bonds. The Morgan fingerprint density at radius 1 is 1.00 bits per heavy atom. The van der Waals surface area contributed by atoms with E-state index in [2.05, 4.69) is 15.6 Å². The fourth-order valence-corrected chi connectivity index (χ4v) is 4.03. The third kappa shape index (κ3) is 7.46. The molecule has 0 fully saturated rings. The van der Waals surface area contributed by atoms with E-state index in [-0.39, 0.29) is 30.6 Å². The van der Waals surface area contributed by atoms with Crippen molar-refractivity contribution in [2.24, 2.45) is 0 Å². The van der Waals surface area contributed by atoms with Gasteiger partial charge in [-0.05, 0) is 31.5 Å². The van der Waals surface area contributed by atoms with E-state index in [4.69, 9.17) is 4.74 Å². The van der Waals surface area contributed by atoms with Crippen LogP contribution in [0.15, 0.2) is 60.1 Å². The second-order valence-electron chi connectivity index (χ2n) is 8.08. The van der Waals surface area contributed by atoms with Gasteiger partial charge in [0.05, 0.1) is 6.61 Å². The number of aryl methyl sites for hydroxylation is 2. The van der Waals surface area contributed by atoms with E-state index in [0.717, 1.165) is 11.1 Å². The topological polar surface area (TPSA) is 101 Å². The van der Waals surface area contributed by atoms with Crippen molar-refractivity contribution in [1.82, 2.24) is 10.3 Å². The number of nitrogens with one attached hydrogen (secondary N) is 2. The molecule has 3 rings (SSSR count). The molecule has 1 atom stereocenters. The summed E-state index contributed by atoms with van der Waals surface area (Å²) in [4.78, 5) is 44.9. The van der Waals surface area contributed by atoms with Gasteiger partial charge < -0.3 is 15.4 Å². The predicted octanol–water partition coefficient (Wildman–Crippen LogP) is 4.02. The Morgan fingerprint density at radius 2 is 1.66 bits per heavy atom. The molecule has 0 bridgehead atoms. The molecule has 8 nitrogen and oxygen atoms in total. The average molecular weight is 495 g/mol. The SMILES string of the molecule is COCCNC(=O)[C@@H](c1ccc(C)cc1)N(C(=O)CCC(=O)Nc1nccs1)c1ccc(C)cc1. The molecule has 0 aliphatic carbocycles. The maximum absolute atomic E-state index is 13.6. The first-order valence-corrected chi connectivity index (χ1v) is 12.2. The molecule has 35 heavy (non-hydrogen) atoms. The number of ether oxygens (including phenoxy) is 1. The lowest BCUT2D eigenvalue weighted by Gasteiger charge is -2.32. The average Bonchev–Trinajstić information content (AvgIpc) is 3.35. The number of carbonyl (C=O) groups is 3. The Morgan fingerprint density at radius 3 is 2.26 bits per heavy atom. The molecule has 2 aromatic carbocycles. The van der Waals surface area contributed by atoms with Crippen LogP contribution in [-0.2, 0) is 19.1 Å². The fourth-order valence-electron chi connectivity index (χ4n) is 3.49. The number of anilines is 2. The second-order valence-corrected chi connectivity index (χ2v) is 8.98. The zero-order chi connectivity index (χ0) is 25.2. The number of benzene rings is 2. The minimum absolute atomic E-state index is 0.0350. The summed E-state index contributed by atoms with van der Waals surface area (Å²) in [5.41, 5.74) is 3.32. The highest BCUT2D eigenvalue weighted by molar-refractivity contribution is 7.13. The van der Waals surface area contributed by atoms with Gasteiger partial charge in [-0.1, -0.05) is 47.5 Å². The van der Waals surface area contributed by atoms with Gasteiger partial charge in [-0.25, -0.2) is 4.98 Å². The highest BCUT2D eigenvalue weighted by Crippen LogP contribution is 2.29. The third-order valence-electron chi connectivity index (χ3n) is 5.33. The molecule has 0 unspecified atom stereocenters. The molecule has 0 radical (unpaired) electrons. The van der Waals surface area contributed by atoms with Crippen molar-refractivity contribution in [1.29, 1.82) is 0 Å². The molecule has 1 aromatic heterocycles. The van der Waals surface area contributed by atoms with Crippen LogP contribution in [0.2, 0.25) is 0 Å². The number of hydrogen-bond donors (Lipinski definition) is 2. The first kappa shape index (κ1) is 26.1. The lowest BCUT2D eigenvalue weighted by atomic mass is 10.0. The largest absolute Gasteiger partial charge is 0.383 e. The van der Waals surface area contributed by atoms with Crippen LogP contribution in [-0.4, -0.2) is 43.0 Å². The van der Waals surface area contributed by atoms with E-state index in [0.29, 0.717) is 29.5 Å². The molecule has 0 saturated carbocycles. The van der Waals surface area contributed by atoms with E-state index < -0.39 is 6.04 Å². The first-order chi connectivity index (χ1) is 16.9. The van der Waals surface area contributed by atoms with Crippen LogP contribution in [0.1, 0.15) is 35.6 Å². The number of methoxy groups -OCH3 is 1. The Labute approximate surface area is 209 Å². The van der Waals surface area contributed by atoms with Gasteiger partial charge >= 0.3 is 0 Å². The van der Waals surface area contributed by atoms with Gasteiger partial charge in [-0.2, -0.15) is 0 Å². The van der Waals surface area contributed by atoms with Crippen LogP contribution in [0.3, 0.4) is 0 Å². The molecule has 0 aliphatic rings. The molecular weight excluding hydrogens is 464 g/mol. The van der Waals surface area contributed by atoms with Gasteiger partial charge in [-0.3, -0.25) is 19.3 Å². The summed E-state index contributed by atoms with van der Waals surface area (Å²) in [7, 11) is 1.56. The number of amides is 3. The second kappa shape index (κ2) is 12.8. The minimum Gasteiger partial charge on any atom is -0.383 e. The van der Waals surface area contributed by atoms with Gasteiger partial charge in [-0.15, -0.1) is 11.3 Å². The van der Waals surface area contributed by atoms with E-state index in [1.54, 1.807) is 18.7 Å². The smallest absolute Gasteiger partial charge is 0.247 e. The normalized spacial score (nSPS) is 11.5. The maximum atomic E-state index is 13.6. The number of aromatic nitrogens is 1. The van der Waals surface area contributed by atoms with Crippen molar-refractivity contribution >= 4 is 39.9 Å². The standard InChI is InChI=1S/C26H30N4O4S/c1-18-4-8-20(9-5-18)24(25(33)27-14-16-34-3)30(21-10-6-19(2)7-11-21)23(32)13-12-22(31)29-26-28-15-17-35-26/h4-11,15,17,24H,12-14,16H2,1-3H3,(H,27,33)(H,28,29,31)/t24-/m1/s1. The van der Waals surface area contributed by atoms with Gasteiger partial charge in [0.2, 0.25) is 17.7 Å². The summed E-state index contributed by atoms with van der Waals surface area (Å²) in [5, 5.41) is 7.79. The van der Waals surface area contributed by atoms with Crippen molar-refractivity contribution in [2.45, 2.75) is 32.7 Å².